The first-order valence-corrected chi connectivity index (χ1v) is 6.90. The van der Waals surface area contributed by atoms with Gasteiger partial charge in [-0.15, -0.1) is 0 Å². The Balaban J connectivity index is 1.94. The molecule has 1 saturated heterocycles. The molecular weight excluding hydrogens is 216 g/mol. The van der Waals surface area contributed by atoms with Crippen LogP contribution in [0.4, 0.5) is 0 Å². The second kappa shape index (κ2) is 8.86. The van der Waals surface area contributed by atoms with Crippen LogP contribution >= 0.6 is 0 Å². The predicted octanol–water partition coefficient (Wildman–Crippen LogP) is 0.848. The van der Waals surface area contributed by atoms with Gasteiger partial charge in [-0.3, -0.25) is 0 Å². The van der Waals surface area contributed by atoms with E-state index in [1.807, 2.05) is 0 Å². The number of ether oxygens (including phenoxy) is 1. The van der Waals surface area contributed by atoms with Crippen LogP contribution in [0.5, 0.6) is 0 Å². The van der Waals surface area contributed by atoms with Crippen molar-refractivity contribution in [1.82, 2.24) is 10.2 Å². The Labute approximate surface area is 105 Å². The fourth-order valence-electron chi connectivity index (χ4n) is 2.18. The molecule has 0 aliphatic carbocycles. The van der Waals surface area contributed by atoms with Crippen molar-refractivity contribution in [3.05, 3.63) is 0 Å². The first-order chi connectivity index (χ1) is 8.24. The summed E-state index contributed by atoms with van der Waals surface area (Å²) in [4.78, 5) is 2.39. The first-order valence-electron chi connectivity index (χ1n) is 6.90. The molecule has 2 unspecified atom stereocenters. The third-order valence-electron chi connectivity index (χ3n) is 3.38. The molecule has 0 amide bonds. The van der Waals surface area contributed by atoms with Gasteiger partial charge in [0, 0.05) is 25.7 Å². The van der Waals surface area contributed by atoms with Gasteiger partial charge in [0.1, 0.15) is 0 Å². The molecule has 4 heteroatoms. The summed E-state index contributed by atoms with van der Waals surface area (Å²) in [5, 5.41) is 13.0. The number of likely N-dealkylation sites (tertiary alicyclic amines) is 1. The number of unbranched alkanes of at least 4 members (excludes halogenated alkanes) is 1. The Kier molecular flexibility index (Phi) is 7.77. The predicted molar refractivity (Wildman–Crippen MR) is 70.3 cm³/mol. The Morgan fingerprint density at radius 1 is 1.53 bits per heavy atom. The topological polar surface area (TPSA) is 44.7 Å². The molecule has 0 aromatic carbocycles. The highest BCUT2D eigenvalue weighted by atomic mass is 16.5. The molecule has 17 heavy (non-hydrogen) atoms. The lowest BCUT2D eigenvalue weighted by molar-refractivity contribution is 0.0354. The maximum Gasteiger partial charge on any atom is 0.0897 e. The van der Waals surface area contributed by atoms with Crippen molar-refractivity contribution in [3.8, 4) is 0 Å². The standard InChI is InChI=1S/C13H28N2O2/c1-3-4-8-17-11-13(16)10-14-9-12-6-5-7-15(12)2/h12-14,16H,3-11H2,1-2H3. The molecule has 0 saturated carbocycles. The smallest absolute Gasteiger partial charge is 0.0897 e. The molecule has 2 N–H and O–H groups in total. The summed E-state index contributed by atoms with van der Waals surface area (Å²) in [7, 11) is 2.17. The van der Waals surface area contributed by atoms with Crippen molar-refractivity contribution in [2.24, 2.45) is 0 Å². The fourth-order valence-corrected chi connectivity index (χ4v) is 2.18. The zero-order chi connectivity index (χ0) is 12.5. The highest BCUT2D eigenvalue weighted by molar-refractivity contribution is 4.78. The van der Waals surface area contributed by atoms with Gasteiger partial charge < -0.3 is 20.1 Å². The average molecular weight is 244 g/mol. The molecule has 102 valence electrons. The zero-order valence-electron chi connectivity index (χ0n) is 11.3. The Hall–Kier alpha value is -0.160. The second-order valence-electron chi connectivity index (χ2n) is 5.02. The highest BCUT2D eigenvalue weighted by Crippen LogP contribution is 2.13. The van der Waals surface area contributed by atoms with Crippen LogP contribution < -0.4 is 5.32 Å². The summed E-state index contributed by atoms with van der Waals surface area (Å²) >= 11 is 0. The van der Waals surface area contributed by atoms with Gasteiger partial charge in [0.15, 0.2) is 0 Å². The van der Waals surface area contributed by atoms with Crippen LogP contribution in [0.1, 0.15) is 32.6 Å². The third-order valence-corrected chi connectivity index (χ3v) is 3.38. The lowest BCUT2D eigenvalue weighted by Crippen LogP contribution is -2.39. The SMILES string of the molecule is CCCCOCC(O)CNCC1CCCN1C. The number of aliphatic hydroxyl groups is 1. The van der Waals surface area contributed by atoms with E-state index >= 15 is 0 Å². The Morgan fingerprint density at radius 3 is 3.00 bits per heavy atom. The molecule has 1 rings (SSSR count). The van der Waals surface area contributed by atoms with E-state index < -0.39 is 0 Å². The first kappa shape index (κ1) is 14.9. The fraction of sp³-hybridized carbons (Fsp3) is 1.00. The van der Waals surface area contributed by atoms with Gasteiger partial charge in [-0.25, -0.2) is 0 Å². The van der Waals surface area contributed by atoms with E-state index in [-0.39, 0.29) is 6.10 Å². The molecule has 1 heterocycles. The molecule has 4 nitrogen and oxygen atoms in total. The average Bonchev–Trinajstić information content (AvgIpc) is 2.71. The molecule has 0 radical (unpaired) electrons. The Morgan fingerprint density at radius 2 is 2.35 bits per heavy atom. The normalized spacial score (nSPS) is 23.1. The van der Waals surface area contributed by atoms with E-state index in [4.69, 9.17) is 4.74 Å². The van der Waals surface area contributed by atoms with Crippen molar-refractivity contribution in [3.63, 3.8) is 0 Å². The number of hydrogen-bond acceptors (Lipinski definition) is 4. The lowest BCUT2D eigenvalue weighted by atomic mass is 10.2. The van der Waals surface area contributed by atoms with Gasteiger partial charge >= 0.3 is 0 Å². The van der Waals surface area contributed by atoms with Gasteiger partial charge in [-0.2, -0.15) is 0 Å². The van der Waals surface area contributed by atoms with Gasteiger partial charge in [0.2, 0.25) is 0 Å². The van der Waals surface area contributed by atoms with Gasteiger partial charge in [0.05, 0.1) is 12.7 Å². The molecule has 0 bridgehead atoms. The molecule has 0 spiro atoms. The summed E-state index contributed by atoms with van der Waals surface area (Å²) in [6, 6.07) is 0.642. The van der Waals surface area contributed by atoms with Crippen molar-refractivity contribution >= 4 is 0 Å². The van der Waals surface area contributed by atoms with Crippen LogP contribution in [0.25, 0.3) is 0 Å². The minimum Gasteiger partial charge on any atom is -0.389 e. The summed E-state index contributed by atoms with van der Waals surface area (Å²) in [5.74, 6) is 0. The molecule has 2 atom stereocenters. The summed E-state index contributed by atoms with van der Waals surface area (Å²) in [6.07, 6.45) is 4.41. The largest absolute Gasteiger partial charge is 0.389 e. The third kappa shape index (κ3) is 6.36. The van der Waals surface area contributed by atoms with Crippen LogP contribution in [-0.2, 0) is 4.74 Å². The van der Waals surface area contributed by atoms with Crippen LogP contribution in [0.3, 0.4) is 0 Å². The van der Waals surface area contributed by atoms with Crippen molar-refractivity contribution < 1.29 is 9.84 Å². The number of likely N-dealkylation sites (N-methyl/N-ethyl adjacent to an activating group) is 1. The van der Waals surface area contributed by atoms with Crippen LogP contribution in [0.15, 0.2) is 0 Å². The van der Waals surface area contributed by atoms with Gasteiger partial charge in [0.25, 0.3) is 0 Å². The molecule has 0 aromatic heterocycles. The maximum absolute atomic E-state index is 9.69. The quantitative estimate of drug-likeness (QED) is 0.590. The Bertz CT molecular complexity index is 190. The number of nitrogens with zero attached hydrogens (tertiary/aromatic N) is 1. The minimum absolute atomic E-state index is 0.376. The van der Waals surface area contributed by atoms with E-state index in [1.165, 1.54) is 19.4 Å². The van der Waals surface area contributed by atoms with Crippen LogP contribution in [0.2, 0.25) is 0 Å². The zero-order valence-corrected chi connectivity index (χ0v) is 11.3. The number of rotatable bonds is 9. The van der Waals surface area contributed by atoms with E-state index in [9.17, 15) is 5.11 Å². The monoisotopic (exact) mass is 244 g/mol. The highest BCUT2D eigenvalue weighted by Gasteiger charge is 2.20. The van der Waals surface area contributed by atoms with Crippen molar-refractivity contribution in [1.29, 1.82) is 0 Å². The van der Waals surface area contributed by atoms with Gasteiger partial charge in [-0.05, 0) is 32.9 Å². The molecular formula is C13H28N2O2. The molecule has 0 aromatic rings. The maximum atomic E-state index is 9.69. The second-order valence-corrected chi connectivity index (χ2v) is 5.02. The van der Waals surface area contributed by atoms with E-state index in [0.717, 1.165) is 26.0 Å². The van der Waals surface area contributed by atoms with Crippen LogP contribution in [-0.4, -0.2) is 62.0 Å². The van der Waals surface area contributed by atoms with E-state index in [1.54, 1.807) is 0 Å². The number of nitrogens with one attached hydrogen (secondary N) is 1. The van der Waals surface area contributed by atoms with E-state index in [2.05, 4.69) is 24.2 Å². The summed E-state index contributed by atoms with van der Waals surface area (Å²) in [5.41, 5.74) is 0. The van der Waals surface area contributed by atoms with Crippen molar-refractivity contribution in [2.75, 3.05) is 39.9 Å². The summed E-state index contributed by atoms with van der Waals surface area (Å²) < 4.78 is 5.38. The molecule has 1 aliphatic rings. The lowest BCUT2D eigenvalue weighted by Gasteiger charge is -2.20. The number of aliphatic hydroxyl groups excluding tert-OH is 1. The molecule has 1 aliphatic heterocycles. The number of hydrogen-bond donors (Lipinski definition) is 2. The van der Waals surface area contributed by atoms with Crippen LogP contribution in [0, 0.1) is 0 Å². The van der Waals surface area contributed by atoms with E-state index in [0.29, 0.717) is 19.2 Å². The minimum atomic E-state index is -0.376. The molecule has 1 fully saturated rings. The van der Waals surface area contributed by atoms with Crippen molar-refractivity contribution in [2.45, 2.75) is 44.8 Å². The van der Waals surface area contributed by atoms with Gasteiger partial charge in [-0.1, -0.05) is 13.3 Å². The summed E-state index contributed by atoms with van der Waals surface area (Å²) in [6.45, 7) is 6.17.